The number of anilines is 3. The van der Waals surface area contributed by atoms with Crippen molar-refractivity contribution in [2.75, 3.05) is 43.4 Å². The number of para-hydroxylation sites is 1. The molecule has 0 unspecified atom stereocenters. The molecule has 0 amide bonds. The van der Waals surface area contributed by atoms with E-state index < -0.39 is 0 Å². The van der Waals surface area contributed by atoms with E-state index in [1.54, 1.807) is 0 Å². The summed E-state index contributed by atoms with van der Waals surface area (Å²) in [5.74, 6) is 1.60. The zero-order valence-electron chi connectivity index (χ0n) is 14.1. The second-order valence-corrected chi connectivity index (χ2v) is 6.75. The van der Waals surface area contributed by atoms with Crippen LogP contribution in [0.2, 0.25) is 5.02 Å². The van der Waals surface area contributed by atoms with E-state index in [1.165, 1.54) is 0 Å². The quantitative estimate of drug-likeness (QED) is 0.776. The molecule has 4 rings (SSSR count). The molecule has 3 aromatic rings. The lowest BCUT2D eigenvalue weighted by molar-refractivity contribution is 0.312. The molecule has 25 heavy (non-hydrogen) atoms. The molecule has 0 radical (unpaired) electrons. The van der Waals surface area contributed by atoms with E-state index in [0.29, 0.717) is 11.0 Å². The van der Waals surface area contributed by atoms with Crippen molar-refractivity contribution in [2.45, 2.75) is 0 Å². The Morgan fingerprint density at radius 2 is 1.64 bits per heavy atom. The normalized spacial score (nSPS) is 15.5. The molecule has 0 bridgehead atoms. The fourth-order valence-corrected chi connectivity index (χ4v) is 3.16. The predicted octanol–water partition coefficient (Wildman–Crippen LogP) is 3.78. The van der Waals surface area contributed by atoms with Crippen molar-refractivity contribution in [2.24, 2.45) is 0 Å². The average Bonchev–Trinajstić information content (AvgIpc) is 2.64. The van der Waals surface area contributed by atoms with Crippen LogP contribution in [-0.2, 0) is 0 Å². The lowest BCUT2D eigenvalue weighted by Crippen LogP contribution is -2.45. The van der Waals surface area contributed by atoms with Gasteiger partial charge in [-0.25, -0.2) is 4.98 Å². The zero-order chi connectivity index (χ0) is 17.2. The van der Waals surface area contributed by atoms with E-state index in [2.05, 4.69) is 33.2 Å². The summed E-state index contributed by atoms with van der Waals surface area (Å²) in [7, 11) is 2.16. The van der Waals surface area contributed by atoms with Gasteiger partial charge >= 0.3 is 0 Å². The Morgan fingerprint density at radius 1 is 0.920 bits per heavy atom. The topological polar surface area (TPSA) is 44.3 Å². The summed E-state index contributed by atoms with van der Waals surface area (Å²) in [6, 6.07) is 15.7. The highest BCUT2D eigenvalue weighted by Gasteiger charge is 2.19. The number of nitrogens with zero attached hydrogens (tertiary/aromatic N) is 4. The molecule has 128 valence electrons. The lowest BCUT2D eigenvalue weighted by atomic mass is 10.2. The van der Waals surface area contributed by atoms with Gasteiger partial charge in [-0.15, -0.1) is 0 Å². The maximum absolute atomic E-state index is 5.96. The van der Waals surface area contributed by atoms with Crippen molar-refractivity contribution >= 4 is 40.0 Å². The van der Waals surface area contributed by atoms with Crippen molar-refractivity contribution in [3.8, 4) is 0 Å². The van der Waals surface area contributed by atoms with Crippen LogP contribution in [0.1, 0.15) is 0 Å². The van der Waals surface area contributed by atoms with Gasteiger partial charge in [-0.1, -0.05) is 23.7 Å². The Balaban J connectivity index is 1.71. The van der Waals surface area contributed by atoms with Crippen LogP contribution in [-0.4, -0.2) is 48.1 Å². The molecule has 5 nitrogen and oxygen atoms in total. The summed E-state index contributed by atoms with van der Waals surface area (Å²) in [6.07, 6.45) is 0. The lowest BCUT2D eigenvalue weighted by Gasteiger charge is -2.33. The van der Waals surface area contributed by atoms with Gasteiger partial charge in [-0.05, 0) is 43.4 Å². The molecule has 1 N–H and O–H groups in total. The molecule has 1 fully saturated rings. The highest BCUT2D eigenvalue weighted by Crippen LogP contribution is 2.27. The number of fused-ring (bicyclic) bond motifs is 1. The summed E-state index contributed by atoms with van der Waals surface area (Å²) in [6.45, 7) is 4.02. The summed E-state index contributed by atoms with van der Waals surface area (Å²) in [5.41, 5.74) is 1.87. The van der Waals surface area contributed by atoms with Crippen LogP contribution in [0.15, 0.2) is 48.5 Å². The minimum absolute atomic E-state index is 0.606. The molecule has 0 spiro atoms. The van der Waals surface area contributed by atoms with Gasteiger partial charge in [0.25, 0.3) is 0 Å². The third-order valence-corrected chi connectivity index (χ3v) is 4.74. The number of likely N-dealkylation sites (N-methyl/N-ethyl adjacent to an activating group) is 1. The van der Waals surface area contributed by atoms with Crippen molar-refractivity contribution in [1.82, 2.24) is 14.9 Å². The molecule has 0 aliphatic carbocycles. The summed E-state index contributed by atoms with van der Waals surface area (Å²) >= 11 is 5.96. The highest BCUT2D eigenvalue weighted by atomic mass is 35.5. The van der Waals surface area contributed by atoms with Gasteiger partial charge in [-0.2, -0.15) is 4.98 Å². The molecule has 1 aliphatic rings. The maximum atomic E-state index is 5.96. The number of rotatable bonds is 3. The van der Waals surface area contributed by atoms with Gasteiger partial charge in [-0.3, -0.25) is 0 Å². The Hall–Kier alpha value is -2.37. The first-order valence-electron chi connectivity index (χ1n) is 8.42. The van der Waals surface area contributed by atoms with E-state index in [0.717, 1.165) is 48.6 Å². The average molecular weight is 354 g/mol. The van der Waals surface area contributed by atoms with Gasteiger partial charge in [0.15, 0.2) is 0 Å². The summed E-state index contributed by atoms with van der Waals surface area (Å²) < 4.78 is 0. The molecule has 2 aromatic carbocycles. The summed E-state index contributed by atoms with van der Waals surface area (Å²) in [5, 5.41) is 5.10. The van der Waals surface area contributed by atoms with Crippen LogP contribution in [0.4, 0.5) is 17.5 Å². The Morgan fingerprint density at radius 3 is 2.40 bits per heavy atom. The zero-order valence-corrected chi connectivity index (χ0v) is 14.9. The van der Waals surface area contributed by atoms with Crippen LogP contribution in [0, 0.1) is 0 Å². The summed E-state index contributed by atoms with van der Waals surface area (Å²) in [4.78, 5) is 14.2. The molecule has 1 saturated heterocycles. The van der Waals surface area contributed by atoms with E-state index in [-0.39, 0.29) is 0 Å². The molecule has 1 aromatic heterocycles. The molecular weight excluding hydrogens is 334 g/mol. The van der Waals surface area contributed by atoms with Crippen LogP contribution in [0.25, 0.3) is 10.9 Å². The van der Waals surface area contributed by atoms with Crippen LogP contribution >= 0.6 is 11.6 Å². The van der Waals surface area contributed by atoms with Crippen molar-refractivity contribution in [3.63, 3.8) is 0 Å². The first kappa shape index (κ1) is 16.1. The number of halogens is 1. The van der Waals surface area contributed by atoms with Gasteiger partial charge in [0, 0.05) is 42.3 Å². The number of nitrogens with one attached hydrogen (secondary N) is 1. The number of hydrogen-bond acceptors (Lipinski definition) is 5. The Bertz CT molecular complexity index is 873. The monoisotopic (exact) mass is 353 g/mol. The third-order valence-electron chi connectivity index (χ3n) is 4.49. The van der Waals surface area contributed by atoms with Crippen LogP contribution in [0.5, 0.6) is 0 Å². The second kappa shape index (κ2) is 6.86. The molecular formula is C19H20ClN5. The van der Waals surface area contributed by atoms with Crippen LogP contribution < -0.4 is 10.2 Å². The Kier molecular flexibility index (Phi) is 4.42. The molecule has 2 heterocycles. The number of benzene rings is 2. The standard InChI is InChI=1S/C19H20ClN5/c1-24-10-12-25(13-11-24)18-16-4-2-3-5-17(16)22-19(23-18)21-15-8-6-14(20)7-9-15/h2-9H,10-13H2,1H3,(H,21,22,23). The fraction of sp³-hybridized carbons (Fsp3) is 0.263. The highest BCUT2D eigenvalue weighted by molar-refractivity contribution is 6.30. The van der Waals surface area contributed by atoms with Gasteiger partial charge in [0.05, 0.1) is 5.52 Å². The minimum atomic E-state index is 0.606. The van der Waals surface area contributed by atoms with Gasteiger partial charge in [0.2, 0.25) is 5.95 Å². The maximum Gasteiger partial charge on any atom is 0.229 e. The van der Waals surface area contributed by atoms with E-state index >= 15 is 0 Å². The largest absolute Gasteiger partial charge is 0.353 e. The number of hydrogen-bond donors (Lipinski definition) is 1. The second-order valence-electron chi connectivity index (χ2n) is 6.31. The van der Waals surface area contributed by atoms with Gasteiger partial charge in [0.1, 0.15) is 5.82 Å². The third kappa shape index (κ3) is 3.52. The van der Waals surface area contributed by atoms with Crippen molar-refractivity contribution in [1.29, 1.82) is 0 Å². The first-order chi connectivity index (χ1) is 12.2. The molecule has 0 atom stereocenters. The minimum Gasteiger partial charge on any atom is -0.353 e. The smallest absolute Gasteiger partial charge is 0.229 e. The van der Waals surface area contributed by atoms with E-state index in [4.69, 9.17) is 16.6 Å². The Labute approximate surface area is 152 Å². The molecule has 0 saturated carbocycles. The van der Waals surface area contributed by atoms with Crippen LogP contribution in [0.3, 0.4) is 0 Å². The number of piperazine rings is 1. The molecule has 1 aliphatic heterocycles. The fourth-order valence-electron chi connectivity index (χ4n) is 3.04. The number of aromatic nitrogens is 2. The SMILES string of the molecule is CN1CCN(c2nc(Nc3ccc(Cl)cc3)nc3ccccc23)CC1. The van der Waals surface area contributed by atoms with Gasteiger partial charge < -0.3 is 15.1 Å². The molecule has 6 heteroatoms. The predicted molar refractivity (Wildman–Crippen MR) is 104 cm³/mol. The van der Waals surface area contributed by atoms with Crippen molar-refractivity contribution in [3.05, 3.63) is 53.6 Å². The van der Waals surface area contributed by atoms with E-state index in [1.807, 2.05) is 42.5 Å². The van der Waals surface area contributed by atoms with Crippen molar-refractivity contribution < 1.29 is 0 Å². The van der Waals surface area contributed by atoms with E-state index in [9.17, 15) is 0 Å². The first-order valence-corrected chi connectivity index (χ1v) is 8.80.